The van der Waals surface area contributed by atoms with Gasteiger partial charge in [-0.1, -0.05) is 35.9 Å². The smallest absolute Gasteiger partial charge is 0.311 e. The van der Waals surface area contributed by atoms with Gasteiger partial charge in [0.15, 0.2) is 0 Å². The lowest BCUT2D eigenvalue weighted by molar-refractivity contribution is -0.139. The summed E-state index contributed by atoms with van der Waals surface area (Å²) in [5.74, 6) is -0.318. The molecule has 3 rings (SSSR count). The Bertz CT molecular complexity index is 865. The van der Waals surface area contributed by atoms with E-state index in [1.807, 2.05) is 54.6 Å². The van der Waals surface area contributed by atoms with Gasteiger partial charge in [0.05, 0.1) is 24.7 Å². The lowest BCUT2D eigenvalue weighted by atomic mass is 10.1. The first kappa shape index (κ1) is 15.3. The second-order valence-corrected chi connectivity index (χ2v) is 5.50. The molecule has 1 N–H and O–H groups in total. The summed E-state index contributed by atoms with van der Waals surface area (Å²) in [5.41, 5.74) is 3.22. The van der Waals surface area contributed by atoms with Crippen LogP contribution in [0.3, 0.4) is 0 Å². The number of esters is 1. The summed E-state index contributed by atoms with van der Waals surface area (Å²) < 4.78 is 4.72. The summed E-state index contributed by atoms with van der Waals surface area (Å²) >= 11 is 6.03. The third-order valence-electron chi connectivity index (χ3n) is 3.43. The molecule has 1 heterocycles. The molecule has 0 atom stereocenters. The fraction of sp³-hybridized carbons (Fsp3) is 0.111. The fourth-order valence-electron chi connectivity index (χ4n) is 2.37. The number of ether oxygens (including phenoxy) is 1. The zero-order valence-electron chi connectivity index (χ0n) is 12.5. The first-order valence-corrected chi connectivity index (χ1v) is 7.51. The molecule has 0 amide bonds. The molecule has 2 aromatic carbocycles. The van der Waals surface area contributed by atoms with Gasteiger partial charge in [-0.2, -0.15) is 0 Å². The SMILES string of the molecule is COC(=O)Cc1cc(Nc2cccc(Cl)c2)c2ccccc2n1. The molecule has 0 aliphatic rings. The van der Waals surface area contributed by atoms with Crippen molar-refractivity contribution in [2.24, 2.45) is 0 Å². The molecule has 0 bridgehead atoms. The summed E-state index contributed by atoms with van der Waals surface area (Å²) in [4.78, 5) is 16.0. The third kappa shape index (κ3) is 3.60. The van der Waals surface area contributed by atoms with Gasteiger partial charge in [-0.05, 0) is 30.3 Å². The van der Waals surface area contributed by atoms with Crippen molar-refractivity contribution in [3.63, 3.8) is 0 Å². The Morgan fingerprint density at radius 1 is 1.17 bits per heavy atom. The molecule has 0 fully saturated rings. The van der Waals surface area contributed by atoms with Crippen LogP contribution in [0.25, 0.3) is 10.9 Å². The number of nitrogens with zero attached hydrogens (tertiary/aromatic N) is 1. The predicted octanol–water partition coefficient (Wildman–Crippen LogP) is 4.35. The van der Waals surface area contributed by atoms with Crippen molar-refractivity contribution in [1.82, 2.24) is 4.98 Å². The average Bonchev–Trinajstić information content (AvgIpc) is 2.55. The van der Waals surface area contributed by atoms with E-state index in [4.69, 9.17) is 16.3 Å². The Morgan fingerprint density at radius 2 is 2.00 bits per heavy atom. The number of anilines is 2. The van der Waals surface area contributed by atoms with Crippen LogP contribution in [-0.4, -0.2) is 18.1 Å². The third-order valence-corrected chi connectivity index (χ3v) is 3.66. The molecule has 23 heavy (non-hydrogen) atoms. The van der Waals surface area contributed by atoms with E-state index >= 15 is 0 Å². The van der Waals surface area contributed by atoms with Crippen LogP contribution in [0.5, 0.6) is 0 Å². The minimum atomic E-state index is -0.318. The Hall–Kier alpha value is -2.59. The molecule has 0 aliphatic heterocycles. The van der Waals surface area contributed by atoms with Gasteiger partial charge < -0.3 is 10.1 Å². The van der Waals surface area contributed by atoms with Gasteiger partial charge in [0.2, 0.25) is 0 Å². The average molecular weight is 327 g/mol. The number of methoxy groups -OCH3 is 1. The lowest BCUT2D eigenvalue weighted by Gasteiger charge is -2.12. The van der Waals surface area contributed by atoms with E-state index in [1.54, 1.807) is 0 Å². The van der Waals surface area contributed by atoms with E-state index in [1.165, 1.54) is 7.11 Å². The van der Waals surface area contributed by atoms with Crippen molar-refractivity contribution >= 4 is 39.8 Å². The molecule has 0 unspecified atom stereocenters. The highest BCUT2D eigenvalue weighted by Gasteiger charge is 2.10. The van der Waals surface area contributed by atoms with Crippen LogP contribution < -0.4 is 5.32 Å². The van der Waals surface area contributed by atoms with Crippen LogP contribution in [0.4, 0.5) is 11.4 Å². The van der Waals surface area contributed by atoms with Crippen LogP contribution in [0.2, 0.25) is 5.02 Å². The number of benzene rings is 2. The van der Waals surface area contributed by atoms with Crippen LogP contribution in [0, 0.1) is 0 Å². The number of fused-ring (bicyclic) bond motifs is 1. The molecule has 0 spiro atoms. The lowest BCUT2D eigenvalue weighted by Crippen LogP contribution is -2.07. The van der Waals surface area contributed by atoms with E-state index < -0.39 is 0 Å². The number of para-hydroxylation sites is 1. The van der Waals surface area contributed by atoms with Gasteiger partial charge in [0.1, 0.15) is 0 Å². The second-order valence-electron chi connectivity index (χ2n) is 5.07. The monoisotopic (exact) mass is 326 g/mol. The quantitative estimate of drug-likeness (QED) is 0.724. The summed E-state index contributed by atoms with van der Waals surface area (Å²) in [5, 5.41) is 4.97. The maximum Gasteiger partial charge on any atom is 0.311 e. The highest BCUT2D eigenvalue weighted by molar-refractivity contribution is 6.30. The van der Waals surface area contributed by atoms with Crippen LogP contribution >= 0.6 is 11.6 Å². The largest absolute Gasteiger partial charge is 0.469 e. The van der Waals surface area contributed by atoms with Gasteiger partial charge in [0, 0.05) is 21.8 Å². The number of nitrogens with one attached hydrogen (secondary N) is 1. The maximum atomic E-state index is 11.5. The topological polar surface area (TPSA) is 51.2 Å². The predicted molar refractivity (Wildman–Crippen MR) is 92.2 cm³/mol. The van der Waals surface area contributed by atoms with E-state index in [9.17, 15) is 4.79 Å². The molecule has 0 saturated carbocycles. The second kappa shape index (κ2) is 6.67. The molecule has 0 saturated heterocycles. The van der Waals surface area contributed by atoms with E-state index in [0.717, 1.165) is 22.3 Å². The molecular formula is C18H15ClN2O2. The normalized spacial score (nSPS) is 10.5. The molecule has 3 aromatic rings. The van der Waals surface area contributed by atoms with Crippen molar-refractivity contribution in [2.45, 2.75) is 6.42 Å². The van der Waals surface area contributed by atoms with Crippen LogP contribution in [0.15, 0.2) is 54.6 Å². The number of aromatic nitrogens is 1. The summed E-state index contributed by atoms with van der Waals surface area (Å²) in [6.07, 6.45) is 0.131. The first-order valence-electron chi connectivity index (χ1n) is 7.14. The van der Waals surface area contributed by atoms with Crippen molar-refractivity contribution in [3.8, 4) is 0 Å². The van der Waals surface area contributed by atoms with Gasteiger partial charge in [-0.3, -0.25) is 9.78 Å². The van der Waals surface area contributed by atoms with Crippen molar-refractivity contribution < 1.29 is 9.53 Å². The molecule has 1 aromatic heterocycles. The Labute approximate surface area is 139 Å². The van der Waals surface area contributed by atoms with Gasteiger partial charge in [0.25, 0.3) is 0 Å². The van der Waals surface area contributed by atoms with Crippen molar-refractivity contribution in [1.29, 1.82) is 0 Å². The van der Waals surface area contributed by atoms with Crippen molar-refractivity contribution in [3.05, 3.63) is 65.3 Å². The highest BCUT2D eigenvalue weighted by atomic mass is 35.5. The minimum Gasteiger partial charge on any atom is -0.469 e. The van der Waals surface area contributed by atoms with E-state index in [-0.39, 0.29) is 12.4 Å². The first-order chi connectivity index (χ1) is 11.2. The Kier molecular flexibility index (Phi) is 4.44. The minimum absolute atomic E-state index is 0.131. The van der Waals surface area contributed by atoms with E-state index in [2.05, 4.69) is 10.3 Å². The maximum absolute atomic E-state index is 11.5. The summed E-state index contributed by atoms with van der Waals surface area (Å²) in [7, 11) is 1.37. The van der Waals surface area contributed by atoms with Crippen LogP contribution in [-0.2, 0) is 16.0 Å². The number of rotatable bonds is 4. The molecule has 0 aliphatic carbocycles. The number of carbonyl (C=O) groups is 1. The number of hydrogen-bond donors (Lipinski definition) is 1. The zero-order valence-corrected chi connectivity index (χ0v) is 13.3. The summed E-state index contributed by atoms with van der Waals surface area (Å²) in [6.45, 7) is 0. The molecular weight excluding hydrogens is 312 g/mol. The highest BCUT2D eigenvalue weighted by Crippen LogP contribution is 2.27. The Morgan fingerprint density at radius 3 is 2.78 bits per heavy atom. The van der Waals surface area contributed by atoms with Gasteiger partial charge in [-0.15, -0.1) is 0 Å². The van der Waals surface area contributed by atoms with E-state index in [0.29, 0.717) is 10.7 Å². The molecule has 4 nitrogen and oxygen atoms in total. The fourth-order valence-corrected chi connectivity index (χ4v) is 2.56. The Balaban J connectivity index is 2.04. The molecule has 116 valence electrons. The van der Waals surface area contributed by atoms with Gasteiger partial charge >= 0.3 is 5.97 Å². The number of pyridine rings is 1. The molecule has 5 heteroatoms. The number of carbonyl (C=O) groups excluding carboxylic acids is 1. The standard InChI is InChI=1S/C18H15ClN2O2/c1-23-18(22)11-14-10-17(15-7-2-3-8-16(15)21-14)20-13-6-4-5-12(19)9-13/h2-10H,11H2,1H3,(H,20,21). The summed E-state index contributed by atoms with van der Waals surface area (Å²) in [6, 6.07) is 17.1. The van der Waals surface area contributed by atoms with Gasteiger partial charge in [-0.25, -0.2) is 0 Å². The zero-order chi connectivity index (χ0) is 16.2. The van der Waals surface area contributed by atoms with Crippen LogP contribution in [0.1, 0.15) is 5.69 Å². The molecule has 0 radical (unpaired) electrons. The number of hydrogen-bond acceptors (Lipinski definition) is 4. The van der Waals surface area contributed by atoms with Crippen molar-refractivity contribution in [2.75, 3.05) is 12.4 Å². The number of halogens is 1.